The summed E-state index contributed by atoms with van der Waals surface area (Å²) in [5.41, 5.74) is 2.55. The lowest BCUT2D eigenvalue weighted by atomic mass is 9.93. The topological polar surface area (TPSA) is 87.0 Å². The van der Waals surface area contributed by atoms with Crippen molar-refractivity contribution in [3.63, 3.8) is 0 Å². The van der Waals surface area contributed by atoms with Crippen LogP contribution >= 0.6 is 68.3 Å². The number of aromatic nitrogens is 1. The largest absolute Gasteiger partial charge is 0.463 e. The number of hydrogen-bond donors (Lipinski definition) is 0. The van der Waals surface area contributed by atoms with E-state index >= 15 is 0 Å². The fraction of sp³-hybridized carbons (Fsp3) is 0.161. The number of hydrogen-bond acceptors (Lipinski definition) is 8. The molecule has 2 heterocycles. The van der Waals surface area contributed by atoms with Crippen LogP contribution in [0.1, 0.15) is 36.6 Å². The number of thiazole rings is 1. The Bertz CT molecular complexity index is 1900. The van der Waals surface area contributed by atoms with Gasteiger partial charge < -0.3 is 9.47 Å². The Hall–Kier alpha value is -2.75. The second-order valence-electron chi connectivity index (χ2n) is 9.10. The Morgan fingerprint density at radius 1 is 1.10 bits per heavy atom. The number of carbonyl (C=O) groups is 2. The highest BCUT2D eigenvalue weighted by Gasteiger charge is 2.35. The van der Waals surface area contributed by atoms with Gasteiger partial charge in [0.15, 0.2) is 10.6 Å². The van der Waals surface area contributed by atoms with Crippen LogP contribution in [0.2, 0.25) is 0 Å². The first-order valence-electron chi connectivity index (χ1n) is 12.8. The predicted octanol–water partition coefficient (Wildman–Crippen LogP) is 5.79. The van der Waals surface area contributed by atoms with Gasteiger partial charge in [-0.15, -0.1) is 11.8 Å². The first kappa shape index (κ1) is 30.7. The summed E-state index contributed by atoms with van der Waals surface area (Å²) < 4.78 is 14.7. The standard InChI is InChI=1S/C31H24I2N2O5S2/c1-4-39-30(38)25-26(18-8-6-5-7-9-18)34-31-35(27(25)19-10-12-22(41-3)13-11-19)29(37)24(42-31)15-20-14-21(32)16-23(33)28(20)40-17(2)36/h5-16,27H,4H2,1-3H3/b24-15-/t27-/m1/s1. The third-order valence-corrected chi connectivity index (χ3v) is 9.53. The fourth-order valence-corrected chi connectivity index (χ4v) is 8.02. The number of thioether (sulfide) groups is 1. The molecule has 0 unspecified atom stereocenters. The smallest absolute Gasteiger partial charge is 0.338 e. The van der Waals surface area contributed by atoms with Crippen LogP contribution in [0.15, 0.2) is 87.0 Å². The van der Waals surface area contributed by atoms with Crippen LogP contribution < -0.4 is 19.6 Å². The zero-order valence-corrected chi connectivity index (χ0v) is 28.7. The number of carbonyl (C=O) groups excluding carboxylic acids is 2. The molecule has 1 aliphatic heterocycles. The van der Waals surface area contributed by atoms with Crippen LogP contribution in [0.5, 0.6) is 5.75 Å². The quantitative estimate of drug-likeness (QED) is 0.102. The number of nitrogens with zero attached hydrogens (tertiary/aromatic N) is 2. The van der Waals surface area contributed by atoms with Gasteiger partial charge in [0.1, 0.15) is 0 Å². The molecule has 5 rings (SSSR count). The molecule has 214 valence electrons. The number of rotatable bonds is 7. The lowest BCUT2D eigenvalue weighted by Gasteiger charge is -2.26. The van der Waals surface area contributed by atoms with Crippen molar-refractivity contribution in [2.24, 2.45) is 4.99 Å². The van der Waals surface area contributed by atoms with Crippen LogP contribution in [0, 0.1) is 7.14 Å². The predicted molar refractivity (Wildman–Crippen MR) is 182 cm³/mol. The van der Waals surface area contributed by atoms with E-state index < -0.39 is 18.0 Å². The van der Waals surface area contributed by atoms with Gasteiger partial charge in [-0.25, -0.2) is 9.79 Å². The van der Waals surface area contributed by atoms with E-state index in [1.165, 1.54) is 18.3 Å². The fourth-order valence-electron chi connectivity index (χ4n) is 4.62. The van der Waals surface area contributed by atoms with Gasteiger partial charge in [0, 0.05) is 26.5 Å². The summed E-state index contributed by atoms with van der Waals surface area (Å²) in [5, 5.41) is 0. The number of esters is 2. The zero-order chi connectivity index (χ0) is 30.0. The van der Waals surface area contributed by atoms with Crippen LogP contribution in [0.25, 0.3) is 11.8 Å². The summed E-state index contributed by atoms with van der Waals surface area (Å²) in [4.78, 5) is 46.1. The van der Waals surface area contributed by atoms with Crippen LogP contribution in [0.3, 0.4) is 0 Å². The molecule has 1 aliphatic rings. The van der Waals surface area contributed by atoms with Crippen LogP contribution in [0.4, 0.5) is 0 Å². The van der Waals surface area contributed by atoms with Gasteiger partial charge in [0.05, 0.1) is 32.0 Å². The molecule has 4 aromatic rings. The van der Waals surface area contributed by atoms with E-state index in [4.69, 9.17) is 14.5 Å². The minimum absolute atomic E-state index is 0.178. The summed E-state index contributed by atoms with van der Waals surface area (Å²) in [6, 6.07) is 20.2. The van der Waals surface area contributed by atoms with Crippen molar-refractivity contribution in [2.45, 2.75) is 24.8 Å². The van der Waals surface area contributed by atoms with Gasteiger partial charge in [-0.1, -0.05) is 53.8 Å². The second kappa shape index (κ2) is 13.3. The van der Waals surface area contributed by atoms with Crippen molar-refractivity contribution in [1.29, 1.82) is 0 Å². The minimum atomic E-state index is -0.766. The Morgan fingerprint density at radius 2 is 1.81 bits per heavy atom. The van der Waals surface area contributed by atoms with Crippen molar-refractivity contribution in [3.8, 4) is 5.75 Å². The molecule has 3 aromatic carbocycles. The molecule has 0 saturated heterocycles. The van der Waals surface area contributed by atoms with Crippen molar-refractivity contribution in [1.82, 2.24) is 4.57 Å². The molecular weight excluding hydrogens is 798 g/mol. The highest BCUT2D eigenvalue weighted by Crippen LogP contribution is 2.36. The molecule has 0 saturated carbocycles. The number of fused-ring (bicyclic) bond motifs is 1. The van der Waals surface area contributed by atoms with Crippen molar-refractivity contribution < 1.29 is 19.1 Å². The number of benzene rings is 3. The minimum Gasteiger partial charge on any atom is -0.463 e. The molecule has 0 fully saturated rings. The van der Waals surface area contributed by atoms with Gasteiger partial charge in [-0.2, -0.15) is 0 Å². The van der Waals surface area contributed by atoms with Gasteiger partial charge in [-0.05, 0) is 94.3 Å². The highest BCUT2D eigenvalue weighted by molar-refractivity contribution is 14.1. The SMILES string of the molecule is CCOC(=O)C1=C(c2ccccc2)N=c2s/c(=C\c3cc(I)cc(I)c3OC(C)=O)c(=O)n2[C@@H]1c1ccc(SC)cc1. The second-order valence-corrected chi connectivity index (χ2v) is 13.4. The Labute approximate surface area is 277 Å². The summed E-state index contributed by atoms with van der Waals surface area (Å²) >= 11 is 7.13. The van der Waals surface area contributed by atoms with E-state index in [1.54, 1.807) is 29.3 Å². The molecule has 0 amide bonds. The van der Waals surface area contributed by atoms with Crippen LogP contribution in [-0.4, -0.2) is 29.4 Å². The molecule has 1 atom stereocenters. The Morgan fingerprint density at radius 3 is 2.45 bits per heavy atom. The average molecular weight is 822 g/mol. The third-order valence-electron chi connectivity index (χ3n) is 6.37. The molecule has 0 spiro atoms. The van der Waals surface area contributed by atoms with E-state index in [-0.39, 0.29) is 12.2 Å². The van der Waals surface area contributed by atoms with Crippen molar-refractivity contribution >= 4 is 92.0 Å². The van der Waals surface area contributed by atoms with Gasteiger partial charge in [-0.3, -0.25) is 14.2 Å². The number of halogens is 2. The third kappa shape index (κ3) is 6.29. The maximum absolute atomic E-state index is 14.2. The molecule has 1 aromatic heterocycles. The normalized spacial score (nSPS) is 14.8. The molecule has 42 heavy (non-hydrogen) atoms. The maximum atomic E-state index is 14.2. The van der Waals surface area contributed by atoms with Gasteiger partial charge >= 0.3 is 11.9 Å². The Kier molecular flexibility index (Phi) is 9.70. The van der Waals surface area contributed by atoms with Crippen molar-refractivity contribution in [3.05, 3.63) is 116 Å². The maximum Gasteiger partial charge on any atom is 0.338 e. The highest BCUT2D eigenvalue weighted by atomic mass is 127. The lowest BCUT2D eigenvalue weighted by Crippen LogP contribution is -2.40. The zero-order valence-electron chi connectivity index (χ0n) is 22.7. The Balaban J connectivity index is 1.83. The molecule has 0 radical (unpaired) electrons. The van der Waals surface area contributed by atoms with Gasteiger partial charge in [0.2, 0.25) is 0 Å². The lowest BCUT2D eigenvalue weighted by molar-refractivity contribution is -0.139. The molecule has 0 N–H and O–H groups in total. The van der Waals surface area contributed by atoms with E-state index in [9.17, 15) is 14.4 Å². The first-order chi connectivity index (χ1) is 20.2. The average Bonchev–Trinajstić information content (AvgIpc) is 3.28. The summed E-state index contributed by atoms with van der Waals surface area (Å²) in [7, 11) is 0. The molecule has 7 nitrogen and oxygen atoms in total. The van der Waals surface area contributed by atoms with Crippen molar-refractivity contribution in [2.75, 3.05) is 12.9 Å². The van der Waals surface area contributed by atoms with Gasteiger partial charge in [0.25, 0.3) is 5.56 Å². The molecular formula is C31H24I2N2O5S2. The van der Waals surface area contributed by atoms with E-state index in [2.05, 4.69) is 45.2 Å². The van der Waals surface area contributed by atoms with E-state index in [0.717, 1.165) is 23.2 Å². The van der Waals surface area contributed by atoms with E-state index in [1.807, 2.05) is 73.0 Å². The molecule has 0 bridgehead atoms. The summed E-state index contributed by atoms with van der Waals surface area (Å²) in [5.74, 6) is -0.598. The molecule has 11 heteroatoms. The summed E-state index contributed by atoms with van der Waals surface area (Å²) in [6.45, 7) is 3.27. The monoisotopic (exact) mass is 822 g/mol. The summed E-state index contributed by atoms with van der Waals surface area (Å²) in [6.07, 6.45) is 3.71. The van der Waals surface area contributed by atoms with E-state index in [0.29, 0.717) is 31.9 Å². The first-order valence-corrected chi connectivity index (χ1v) is 17.0. The molecule has 0 aliphatic carbocycles. The number of ether oxygens (including phenoxy) is 2. The van der Waals surface area contributed by atoms with Crippen LogP contribution in [-0.2, 0) is 14.3 Å².